The Bertz CT molecular complexity index is 620. The molecule has 96 valence electrons. The highest BCUT2D eigenvalue weighted by Crippen LogP contribution is 2.28. The third kappa shape index (κ3) is 3.02. The van der Waals surface area contributed by atoms with Crippen molar-refractivity contribution in [2.24, 2.45) is 0 Å². The van der Waals surface area contributed by atoms with Gasteiger partial charge < -0.3 is 10.1 Å². The monoisotopic (exact) mass is 256 g/mol. The summed E-state index contributed by atoms with van der Waals surface area (Å²) in [4.78, 5) is 0. The van der Waals surface area contributed by atoms with Crippen molar-refractivity contribution in [2.75, 3.05) is 12.4 Å². The van der Waals surface area contributed by atoms with Crippen LogP contribution in [0.5, 0.6) is 5.75 Å². The maximum Gasteiger partial charge on any atom is 0.143 e. The van der Waals surface area contributed by atoms with E-state index in [2.05, 4.69) is 11.4 Å². The van der Waals surface area contributed by atoms with E-state index >= 15 is 0 Å². The van der Waals surface area contributed by atoms with Gasteiger partial charge in [0.25, 0.3) is 0 Å². The molecule has 0 radical (unpaired) electrons. The first kappa shape index (κ1) is 12.9. The summed E-state index contributed by atoms with van der Waals surface area (Å²) < 4.78 is 18.3. The van der Waals surface area contributed by atoms with Crippen LogP contribution in [0.15, 0.2) is 42.5 Å². The van der Waals surface area contributed by atoms with Crippen LogP contribution in [-0.2, 0) is 6.54 Å². The van der Waals surface area contributed by atoms with Gasteiger partial charge in [-0.15, -0.1) is 0 Å². The van der Waals surface area contributed by atoms with Gasteiger partial charge in [0.15, 0.2) is 0 Å². The number of ether oxygens (including phenoxy) is 1. The summed E-state index contributed by atoms with van der Waals surface area (Å²) in [5, 5.41) is 12.2. The van der Waals surface area contributed by atoms with Gasteiger partial charge in [0.2, 0.25) is 0 Å². The summed E-state index contributed by atoms with van der Waals surface area (Å²) in [5.74, 6) is 0.315. The van der Waals surface area contributed by atoms with E-state index in [1.807, 2.05) is 6.07 Å². The minimum Gasteiger partial charge on any atom is -0.495 e. The average molecular weight is 256 g/mol. The molecule has 2 rings (SSSR count). The van der Waals surface area contributed by atoms with Gasteiger partial charge in [-0.2, -0.15) is 5.26 Å². The molecule has 0 aromatic heterocycles. The summed E-state index contributed by atoms with van der Waals surface area (Å²) in [7, 11) is 1.55. The number of nitriles is 1. The molecule has 19 heavy (non-hydrogen) atoms. The molecule has 0 atom stereocenters. The fourth-order valence-electron chi connectivity index (χ4n) is 1.81. The van der Waals surface area contributed by atoms with Gasteiger partial charge in [0.1, 0.15) is 17.6 Å². The summed E-state index contributed by atoms with van der Waals surface area (Å²) >= 11 is 0. The Morgan fingerprint density at radius 3 is 2.74 bits per heavy atom. The summed E-state index contributed by atoms with van der Waals surface area (Å²) in [6, 6.07) is 13.7. The minimum atomic E-state index is -0.278. The lowest BCUT2D eigenvalue weighted by atomic mass is 10.1. The zero-order valence-corrected chi connectivity index (χ0v) is 10.5. The molecular weight excluding hydrogens is 243 g/mol. The zero-order valence-electron chi connectivity index (χ0n) is 10.5. The molecule has 0 unspecified atom stereocenters. The molecule has 0 aliphatic carbocycles. The quantitative estimate of drug-likeness (QED) is 0.912. The lowest BCUT2D eigenvalue weighted by Crippen LogP contribution is -2.03. The SMILES string of the molecule is COc1cccc(C#N)c1NCc1cccc(F)c1. The van der Waals surface area contributed by atoms with E-state index in [1.165, 1.54) is 12.1 Å². The van der Waals surface area contributed by atoms with Gasteiger partial charge >= 0.3 is 0 Å². The van der Waals surface area contributed by atoms with Crippen LogP contribution in [0.25, 0.3) is 0 Å². The van der Waals surface area contributed by atoms with Crippen LogP contribution >= 0.6 is 0 Å². The predicted molar refractivity (Wildman–Crippen MR) is 71.4 cm³/mol. The summed E-state index contributed by atoms with van der Waals surface area (Å²) in [5.41, 5.74) is 1.92. The van der Waals surface area contributed by atoms with E-state index < -0.39 is 0 Å². The first-order valence-corrected chi connectivity index (χ1v) is 5.80. The van der Waals surface area contributed by atoms with E-state index in [-0.39, 0.29) is 5.82 Å². The van der Waals surface area contributed by atoms with Gasteiger partial charge in [-0.25, -0.2) is 4.39 Å². The number of rotatable bonds is 4. The molecular formula is C15H13FN2O. The van der Waals surface area contributed by atoms with Crippen LogP contribution in [0.4, 0.5) is 10.1 Å². The number of hydrogen-bond acceptors (Lipinski definition) is 3. The van der Waals surface area contributed by atoms with Crippen LogP contribution in [0.2, 0.25) is 0 Å². The molecule has 0 spiro atoms. The van der Waals surface area contributed by atoms with E-state index in [9.17, 15) is 4.39 Å². The minimum absolute atomic E-state index is 0.278. The zero-order chi connectivity index (χ0) is 13.7. The first-order chi connectivity index (χ1) is 9.24. The van der Waals surface area contributed by atoms with Crippen molar-refractivity contribution in [3.63, 3.8) is 0 Å². The molecule has 0 fully saturated rings. The number of benzene rings is 2. The van der Waals surface area contributed by atoms with Crippen molar-refractivity contribution in [3.05, 3.63) is 59.4 Å². The fraction of sp³-hybridized carbons (Fsp3) is 0.133. The maximum absolute atomic E-state index is 13.1. The highest BCUT2D eigenvalue weighted by Gasteiger charge is 2.08. The number of para-hydroxylation sites is 1. The van der Waals surface area contributed by atoms with Crippen molar-refractivity contribution in [3.8, 4) is 11.8 Å². The molecule has 0 bridgehead atoms. The number of halogens is 1. The number of nitrogens with zero attached hydrogens (tertiary/aromatic N) is 1. The number of hydrogen-bond donors (Lipinski definition) is 1. The smallest absolute Gasteiger partial charge is 0.143 e. The van der Waals surface area contributed by atoms with E-state index in [4.69, 9.17) is 10.00 Å². The number of methoxy groups -OCH3 is 1. The van der Waals surface area contributed by atoms with Crippen LogP contribution in [0.3, 0.4) is 0 Å². The van der Waals surface area contributed by atoms with Gasteiger partial charge in [-0.3, -0.25) is 0 Å². The van der Waals surface area contributed by atoms with Crippen molar-refractivity contribution in [2.45, 2.75) is 6.54 Å². The highest BCUT2D eigenvalue weighted by atomic mass is 19.1. The van der Waals surface area contributed by atoms with Crippen LogP contribution in [0.1, 0.15) is 11.1 Å². The van der Waals surface area contributed by atoms with Crippen LogP contribution < -0.4 is 10.1 Å². The van der Waals surface area contributed by atoms with Gasteiger partial charge in [-0.1, -0.05) is 18.2 Å². The van der Waals surface area contributed by atoms with Crippen LogP contribution in [-0.4, -0.2) is 7.11 Å². The Labute approximate surface area is 111 Å². The fourth-order valence-corrected chi connectivity index (χ4v) is 1.81. The second-order valence-electron chi connectivity index (χ2n) is 3.98. The highest BCUT2D eigenvalue weighted by molar-refractivity contribution is 5.66. The van der Waals surface area contributed by atoms with Gasteiger partial charge in [-0.05, 0) is 29.8 Å². The number of anilines is 1. The summed E-state index contributed by atoms with van der Waals surface area (Å²) in [6.45, 7) is 0.423. The van der Waals surface area contributed by atoms with E-state index in [0.29, 0.717) is 23.5 Å². The standard InChI is InChI=1S/C15H13FN2O/c1-19-14-7-3-5-12(9-17)15(14)18-10-11-4-2-6-13(16)8-11/h2-8,18H,10H2,1H3. The Morgan fingerprint density at radius 1 is 1.26 bits per heavy atom. The summed E-state index contributed by atoms with van der Waals surface area (Å²) in [6.07, 6.45) is 0. The lowest BCUT2D eigenvalue weighted by molar-refractivity contribution is 0.416. The maximum atomic E-state index is 13.1. The molecule has 0 heterocycles. The van der Waals surface area contributed by atoms with E-state index in [0.717, 1.165) is 5.56 Å². The molecule has 0 aliphatic heterocycles. The third-order valence-corrected chi connectivity index (χ3v) is 2.72. The molecule has 3 nitrogen and oxygen atoms in total. The van der Waals surface area contributed by atoms with Gasteiger partial charge in [0.05, 0.1) is 18.4 Å². The first-order valence-electron chi connectivity index (χ1n) is 5.80. The van der Waals surface area contributed by atoms with Crippen molar-refractivity contribution in [1.82, 2.24) is 0 Å². The predicted octanol–water partition coefficient (Wildman–Crippen LogP) is 3.32. The second-order valence-corrected chi connectivity index (χ2v) is 3.98. The molecule has 0 aliphatic rings. The Balaban J connectivity index is 2.22. The average Bonchev–Trinajstić information content (AvgIpc) is 2.44. The molecule has 0 saturated heterocycles. The topological polar surface area (TPSA) is 45.0 Å². The van der Waals surface area contributed by atoms with Gasteiger partial charge in [0, 0.05) is 6.54 Å². The number of nitrogens with one attached hydrogen (secondary N) is 1. The Hall–Kier alpha value is -2.54. The normalized spacial score (nSPS) is 9.74. The van der Waals surface area contributed by atoms with Crippen molar-refractivity contribution >= 4 is 5.69 Å². The Morgan fingerprint density at radius 2 is 2.05 bits per heavy atom. The molecule has 4 heteroatoms. The van der Waals surface area contributed by atoms with Crippen LogP contribution in [0, 0.1) is 17.1 Å². The molecule has 0 saturated carbocycles. The third-order valence-electron chi connectivity index (χ3n) is 2.72. The molecule has 1 N–H and O–H groups in total. The Kier molecular flexibility index (Phi) is 3.99. The van der Waals surface area contributed by atoms with Crippen molar-refractivity contribution < 1.29 is 9.13 Å². The molecule has 2 aromatic carbocycles. The molecule has 0 amide bonds. The largest absolute Gasteiger partial charge is 0.495 e. The van der Waals surface area contributed by atoms with Crippen molar-refractivity contribution in [1.29, 1.82) is 5.26 Å². The molecule has 2 aromatic rings. The second kappa shape index (κ2) is 5.87. The lowest BCUT2D eigenvalue weighted by Gasteiger charge is -2.12. The van der Waals surface area contributed by atoms with E-state index in [1.54, 1.807) is 31.4 Å².